The minimum Gasteiger partial charge on any atom is -0.310 e. The number of rotatable bonds is 7. The van der Waals surface area contributed by atoms with Gasteiger partial charge in [-0.05, 0) is 30.7 Å². The summed E-state index contributed by atoms with van der Waals surface area (Å²) in [4.78, 5) is 0.332. The van der Waals surface area contributed by atoms with Crippen LogP contribution < -0.4 is 10.0 Å². The Kier molecular flexibility index (Phi) is 5.78. The Morgan fingerprint density at radius 2 is 1.89 bits per heavy atom. The van der Waals surface area contributed by atoms with E-state index in [4.69, 9.17) is 0 Å². The molecule has 0 bridgehead atoms. The van der Waals surface area contributed by atoms with Crippen molar-refractivity contribution in [3.63, 3.8) is 0 Å². The molecule has 0 radical (unpaired) electrons. The summed E-state index contributed by atoms with van der Waals surface area (Å²) in [5.41, 5.74) is 1.01. The Labute approximate surface area is 110 Å². The highest BCUT2D eigenvalue weighted by Crippen LogP contribution is 2.20. The molecule has 0 amide bonds. The van der Waals surface area contributed by atoms with Gasteiger partial charge in [0.05, 0.1) is 4.90 Å². The van der Waals surface area contributed by atoms with Crippen molar-refractivity contribution >= 4 is 10.0 Å². The summed E-state index contributed by atoms with van der Waals surface area (Å²) in [5, 5.41) is 3.34. The van der Waals surface area contributed by atoms with Crippen molar-refractivity contribution in [1.29, 1.82) is 0 Å². The lowest BCUT2D eigenvalue weighted by Gasteiger charge is -2.17. The van der Waals surface area contributed by atoms with E-state index in [-0.39, 0.29) is 6.04 Å². The second kappa shape index (κ2) is 6.87. The third-order valence-electron chi connectivity index (χ3n) is 2.76. The standard InChI is InChI=1S/C13H22N2O2S/c1-4-13(14-5-2)11-8-7-9-12(10-11)18(16,17)15-6-3/h7-10,13-15H,4-6H2,1-3H3. The van der Waals surface area contributed by atoms with Gasteiger partial charge in [-0.15, -0.1) is 0 Å². The Balaban J connectivity index is 3.05. The number of nitrogens with one attached hydrogen (secondary N) is 2. The predicted molar refractivity (Wildman–Crippen MR) is 74.0 cm³/mol. The molecule has 102 valence electrons. The lowest BCUT2D eigenvalue weighted by molar-refractivity contribution is 0.535. The Hall–Kier alpha value is -0.910. The highest BCUT2D eigenvalue weighted by atomic mass is 32.2. The molecular formula is C13H22N2O2S. The van der Waals surface area contributed by atoms with Gasteiger partial charge in [0, 0.05) is 12.6 Å². The van der Waals surface area contributed by atoms with Crippen molar-refractivity contribution in [1.82, 2.24) is 10.0 Å². The molecule has 4 nitrogen and oxygen atoms in total. The number of sulfonamides is 1. The van der Waals surface area contributed by atoms with Crippen LogP contribution in [-0.2, 0) is 10.0 Å². The van der Waals surface area contributed by atoms with Gasteiger partial charge >= 0.3 is 0 Å². The van der Waals surface area contributed by atoms with Crippen molar-refractivity contribution in [2.45, 2.75) is 38.1 Å². The average molecular weight is 270 g/mol. The van der Waals surface area contributed by atoms with E-state index in [2.05, 4.69) is 17.0 Å². The first-order chi connectivity index (χ1) is 8.55. The van der Waals surface area contributed by atoms with Crippen LogP contribution in [0.25, 0.3) is 0 Å². The molecule has 0 saturated carbocycles. The van der Waals surface area contributed by atoms with E-state index in [0.717, 1.165) is 18.5 Å². The van der Waals surface area contributed by atoms with E-state index in [1.165, 1.54) is 0 Å². The minimum atomic E-state index is -3.37. The van der Waals surface area contributed by atoms with E-state index in [1.807, 2.05) is 13.0 Å². The molecule has 0 heterocycles. The summed E-state index contributed by atoms with van der Waals surface area (Å²) >= 11 is 0. The molecule has 1 rings (SSSR count). The van der Waals surface area contributed by atoms with E-state index in [9.17, 15) is 8.42 Å². The summed E-state index contributed by atoms with van der Waals surface area (Å²) < 4.78 is 26.3. The third kappa shape index (κ3) is 3.80. The van der Waals surface area contributed by atoms with E-state index >= 15 is 0 Å². The molecule has 0 fully saturated rings. The number of hydrogen-bond donors (Lipinski definition) is 2. The van der Waals surface area contributed by atoms with Gasteiger partial charge in [-0.25, -0.2) is 13.1 Å². The van der Waals surface area contributed by atoms with E-state index < -0.39 is 10.0 Å². The van der Waals surface area contributed by atoms with Crippen molar-refractivity contribution in [2.75, 3.05) is 13.1 Å². The maximum atomic E-state index is 11.9. The molecule has 1 unspecified atom stereocenters. The van der Waals surface area contributed by atoms with Crippen molar-refractivity contribution in [2.24, 2.45) is 0 Å². The molecule has 0 aliphatic carbocycles. The van der Waals surface area contributed by atoms with Crippen LogP contribution in [-0.4, -0.2) is 21.5 Å². The fourth-order valence-electron chi connectivity index (χ4n) is 1.92. The smallest absolute Gasteiger partial charge is 0.240 e. The second-order valence-electron chi connectivity index (χ2n) is 4.09. The monoisotopic (exact) mass is 270 g/mol. The maximum Gasteiger partial charge on any atom is 0.240 e. The summed E-state index contributed by atoms with van der Waals surface area (Å²) in [5.74, 6) is 0. The highest BCUT2D eigenvalue weighted by Gasteiger charge is 2.15. The zero-order valence-electron chi connectivity index (χ0n) is 11.2. The lowest BCUT2D eigenvalue weighted by atomic mass is 10.0. The van der Waals surface area contributed by atoms with Gasteiger partial charge in [-0.2, -0.15) is 0 Å². The first-order valence-electron chi connectivity index (χ1n) is 6.38. The van der Waals surface area contributed by atoms with Crippen LogP contribution in [0.1, 0.15) is 38.8 Å². The zero-order valence-corrected chi connectivity index (χ0v) is 12.0. The molecule has 0 spiro atoms. The Morgan fingerprint density at radius 1 is 1.17 bits per heavy atom. The highest BCUT2D eigenvalue weighted by molar-refractivity contribution is 7.89. The van der Waals surface area contributed by atoms with Gasteiger partial charge in [-0.1, -0.05) is 32.9 Å². The second-order valence-corrected chi connectivity index (χ2v) is 5.86. The summed E-state index contributed by atoms with van der Waals surface area (Å²) in [6.07, 6.45) is 0.929. The normalized spacial score (nSPS) is 13.5. The van der Waals surface area contributed by atoms with Gasteiger partial charge in [0.1, 0.15) is 0 Å². The minimum absolute atomic E-state index is 0.201. The Bertz CT molecular complexity index is 472. The van der Waals surface area contributed by atoms with Gasteiger partial charge in [-0.3, -0.25) is 0 Å². The van der Waals surface area contributed by atoms with Crippen molar-refractivity contribution in [3.05, 3.63) is 29.8 Å². The zero-order chi connectivity index (χ0) is 13.6. The molecule has 5 heteroatoms. The quantitative estimate of drug-likeness (QED) is 0.797. The summed E-state index contributed by atoms with van der Waals surface area (Å²) in [6.45, 7) is 7.16. The topological polar surface area (TPSA) is 58.2 Å². The number of hydrogen-bond acceptors (Lipinski definition) is 3. The van der Waals surface area contributed by atoms with Gasteiger partial charge in [0.15, 0.2) is 0 Å². The average Bonchev–Trinajstić information content (AvgIpc) is 2.36. The van der Waals surface area contributed by atoms with Crippen LogP contribution >= 0.6 is 0 Å². The fourth-order valence-corrected chi connectivity index (χ4v) is 3.01. The molecule has 0 aliphatic rings. The molecule has 1 atom stereocenters. The van der Waals surface area contributed by atoms with Crippen LogP contribution in [0.4, 0.5) is 0 Å². The van der Waals surface area contributed by atoms with Crippen LogP contribution in [0.3, 0.4) is 0 Å². The summed E-state index contributed by atoms with van der Waals surface area (Å²) in [6, 6.07) is 7.32. The maximum absolute atomic E-state index is 11.9. The van der Waals surface area contributed by atoms with Crippen LogP contribution in [0.2, 0.25) is 0 Å². The third-order valence-corrected chi connectivity index (χ3v) is 4.31. The molecule has 2 N–H and O–H groups in total. The molecule has 0 aromatic heterocycles. The van der Waals surface area contributed by atoms with Gasteiger partial charge in [0.25, 0.3) is 0 Å². The molecular weight excluding hydrogens is 248 g/mol. The molecule has 1 aromatic carbocycles. The largest absolute Gasteiger partial charge is 0.310 e. The lowest BCUT2D eigenvalue weighted by Crippen LogP contribution is -2.24. The fraction of sp³-hybridized carbons (Fsp3) is 0.538. The van der Waals surface area contributed by atoms with Gasteiger partial charge in [0.2, 0.25) is 10.0 Å². The first kappa shape index (κ1) is 15.1. The van der Waals surface area contributed by atoms with Crippen LogP contribution in [0, 0.1) is 0 Å². The number of benzene rings is 1. The predicted octanol–water partition coefficient (Wildman–Crippen LogP) is 2.05. The van der Waals surface area contributed by atoms with Crippen LogP contribution in [0.5, 0.6) is 0 Å². The van der Waals surface area contributed by atoms with Gasteiger partial charge < -0.3 is 5.32 Å². The molecule has 1 aromatic rings. The SMILES string of the molecule is CCNC(CC)c1cccc(S(=O)(=O)NCC)c1. The van der Waals surface area contributed by atoms with E-state index in [0.29, 0.717) is 11.4 Å². The van der Waals surface area contributed by atoms with Crippen molar-refractivity contribution in [3.8, 4) is 0 Å². The van der Waals surface area contributed by atoms with Crippen LogP contribution in [0.15, 0.2) is 29.2 Å². The summed E-state index contributed by atoms with van der Waals surface area (Å²) in [7, 11) is -3.37. The molecule has 0 aliphatic heterocycles. The van der Waals surface area contributed by atoms with Crippen molar-refractivity contribution < 1.29 is 8.42 Å². The first-order valence-corrected chi connectivity index (χ1v) is 7.86. The Morgan fingerprint density at radius 3 is 2.44 bits per heavy atom. The van der Waals surface area contributed by atoms with E-state index in [1.54, 1.807) is 25.1 Å². The molecule has 18 heavy (non-hydrogen) atoms. The molecule has 0 saturated heterocycles.